The van der Waals surface area contributed by atoms with E-state index in [1.54, 1.807) is 6.92 Å². The summed E-state index contributed by atoms with van der Waals surface area (Å²) in [4.78, 5) is 13.7. The SMILES string of the molecule is CC(=O)OC12CC3CC(C1)C(N(C)C)C(C3)C2. The molecule has 0 spiro atoms. The van der Waals surface area contributed by atoms with Crippen LogP contribution in [0.2, 0.25) is 0 Å². The van der Waals surface area contributed by atoms with E-state index in [4.69, 9.17) is 4.74 Å². The van der Waals surface area contributed by atoms with E-state index in [9.17, 15) is 4.79 Å². The van der Waals surface area contributed by atoms with Gasteiger partial charge >= 0.3 is 5.97 Å². The topological polar surface area (TPSA) is 29.5 Å². The standard InChI is InChI=1S/C14H23NO2/c1-9(16)17-14-6-10-4-11(7-14)13(15(2)3)12(5-10)8-14/h10-13H,4-8H2,1-3H3. The van der Waals surface area contributed by atoms with Crippen LogP contribution in [0, 0.1) is 17.8 Å². The smallest absolute Gasteiger partial charge is 0.303 e. The average Bonchev–Trinajstić information content (AvgIpc) is 2.11. The molecule has 0 radical (unpaired) electrons. The van der Waals surface area contributed by atoms with Crippen LogP contribution < -0.4 is 0 Å². The summed E-state index contributed by atoms with van der Waals surface area (Å²) in [6.45, 7) is 1.56. The van der Waals surface area contributed by atoms with E-state index >= 15 is 0 Å². The van der Waals surface area contributed by atoms with Crippen molar-refractivity contribution in [2.75, 3.05) is 14.1 Å². The second-order valence-corrected chi connectivity index (χ2v) is 6.70. The Balaban J connectivity index is 1.84. The summed E-state index contributed by atoms with van der Waals surface area (Å²) in [6, 6.07) is 0.718. The number of rotatable bonds is 2. The zero-order chi connectivity index (χ0) is 12.2. The van der Waals surface area contributed by atoms with Crippen LogP contribution in [-0.4, -0.2) is 36.6 Å². The fraction of sp³-hybridized carbons (Fsp3) is 0.929. The molecule has 4 saturated carbocycles. The predicted octanol–water partition coefficient (Wildman–Crippen LogP) is 2.06. The number of carbonyl (C=O) groups is 1. The Morgan fingerprint density at radius 1 is 1.18 bits per heavy atom. The van der Waals surface area contributed by atoms with Crippen LogP contribution in [0.3, 0.4) is 0 Å². The molecule has 0 aromatic heterocycles. The lowest BCUT2D eigenvalue weighted by Crippen LogP contribution is -2.61. The molecule has 4 aliphatic rings. The second-order valence-electron chi connectivity index (χ2n) is 6.70. The maximum atomic E-state index is 11.3. The van der Waals surface area contributed by atoms with E-state index in [0.717, 1.165) is 43.1 Å². The number of esters is 1. The number of hydrogen-bond acceptors (Lipinski definition) is 3. The van der Waals surface area contributed by atoms with Gasteiger partial charge in [0.2, 0.25) is 0 Å². The second kappa shape index (κ2) is 3.71. The molecule has 3 heteroatoms. The van der Waals surface area contributed by atoms with E-state index in [-0.39, 0.29) is 11.6 Å². The summed E-state index contributed by atoms with van der Waals surface area (Å²) < 4.78 is 5.72. The van der Waals surface area contributed by atoms with Crippen LogP contribution in [0.15, 0.2) is 0 Å². The van der Waals surface area contributed by atoms with Crippen molar-refractivity contribution in [2.45, 2.75) is 50.7 Å². The van der Waals surface area contributed by atoms with Gasteiger partial charge in [-0.15, -0.1) is 0 Å². The van der Waals surface area contributed by atoms with Crippen LogP contribution in [0.25, 0.3) is 0 Å². The number of carbonyl (C=O) groups excluding carboxylic acids is 1. The molecule has 0 aromatic carbocycles. The fourth-order valence-corrected chi connectivity index (χ4v) is 5.20. The van der Waals surface area contributed by atoms with Crippen LogP contribution in [0.4, 0.5) is 0 Å². The maximum Gasteiger partial charge on any atom is 0.303 e. The van der Waals surface area contributed by atoms with Gasteiger partial charge in [0.1, 0.15) is 5.60 Å². The monoisotopic (exact) mass is 237 g/mol. The molecule has 0 aromatic rings. The highest BCUT2D eigenvalue weighted by Crippen LogP contribution is 2.58. The van der Waals surface area contributed by atoms with Gasteiger partial charge in [-0.2, -0.15) is 0 Å². The van der Waals surface area contributed by atoms with Gasteiger partial charge in [-0.1, -0.05) is 0 Å². The third-order valence-electron chi connectivity index (χ3n) is 5.12. The summed E-state index contributed by atoms with van der Waals surface area (Å²) in [5.41, 5.74) is -0.0884. The van der Waals surface area contributed by atoms with Crippen LogP contribution in [-0.2, 0) is 9.53 Å². The van der Waals surface area contributed by atoms with Crippen molar-refractivity contribution < 1.29 is 9.53 Å². The first-order valence-corrected chi connectivity index (χ1v) is 6.85. The molecule has 4 rings (SSSR count). The normalized spacial score (nSPS) is 47.5. The van der Waals surface area contributed by atoms with E-state index < -0.39 is 0 Å². The van der Waals surface area contributed by atoms with Crippen LogP contribution in [0.1, 0.15) is 39.0 Å². The molecule has 2 atom stereocenters. The molecule has 3 nitrogen and oxygen atoms in total. The Labute approximate surface area is 104 Å². The van der Waals surface area contributed by atoms with Gasteiger partial charge in [0.15, 0.2) is 0 Å². The summed E-state index contributed by atoms with van der Waals surface area (Å²) in [7, 11) is 4.40. The van der Waals surface area contributed by atoms with Crippen LogP contribution >= 0.6 is 0 Å². The quantitative estimate of drug-likeness (QED) is 0.688. The highest BCUT2D eigenvalue weighted by molar-refractivity contribution is 5.66. The van der Waals surface area contributed by atoms with Gasteiger partial charge in [-0.25, -0.2) is 0 Å². The summed E-state index contributed by atoms with van der Waals surface area (Å²) >= 11 is 0. The zero-order valence-electron chi connectivity index (χ0n) is 11.1. The molecular formula is C14H23NO2. The molecule has 96 valence electrons. The van der Waals surface area contributed by atoms with Crippen molar-refractivity contribution >= 4 is 5.97 Å². The van der Waals surface area contributed by atoms with Gasteiger partial charge in [0, 0.05) is 13.0 Å². The molecule has 0 amide bonds. The molecule has 2 unspecified atom stereocenters. The number of hydrogen-bond donors (Lipinski definition) is 0. The minimum Gasteiger partial charge on any atom is -0.459 e. The highest BCUT2D eigenvalue weighted by Gasteiger charge is 2.57. The van der Waals surface area contributed by atoms with Gasteiger partial charge in [-0.3, -0.25) is 4.79 Å². The predicted molar refractivity (Wildman–Crippen MR) is 65.5 cm³/mol. The lowest BCUT2D eigenvalue weighted by Gasteiger charge is -2.60. The molecule has 0 saturated heterocycles. The van der Waals surface area contributed by atoms with Crippen molar-refractivity contribution in [3.05, 3.63) is 0 Å². The molecule has 0 heterocycles. The Bertz CT molecular complexity index is 323. The van der Waals surface area contributed by atoms with Crippen molar-refractivity contribution in [1.82, 2.24) is 4.90 Å². The Hall–Kier alpha value is -0.570. The van der Waals surface area contributed by atoms with E-state index in [1.165, 1.54) is 12.8 Å². The third-order valence-corrected chi connectivity index (χ3v) is 5.12. The lowest BCUT2D eigenvalue weighted by molar-refractivity contribution is -0.194. The molecule has 4 aliphatic carbocycles. The van der Waals surface area contributed by atoms with Crippen LogP contribution in [0.5, 0.6) is 0 Å². The minimum atomic E-state index is -0.0895. The first-order valence-electron chi connectivity index (χ1n) is 6.85. The van der Waals surface area contributed by atoms with E-state index in [2.05, 4.69) is 19.0 Å². The summed E-state index contributed by atoms with van der Waals surface area (Å²) in [5.74, 6) is 2.21. The first-order chi connectivity index (χ1) is 7.99. The highest BCUT2D eigenvalue weighted by atomic mass is 16.6. The van der Waals surface area contributed by atoms with Gasteiger partial charge in [0.05, 0.1) is 0 Å². The van der Waals surface area contributed by atoms with Crippen molar-refractivity contribution in [3.63, 3.8) is 0 Å². The molecule has 17 heavy (non-hydrogen) atoms. The van der Waals surface area contributed by atoms with Crippen molar-refractivity contribution in [3.8, 4) is 0 Å². The third kappa shape index (κ3) is 1.79. The Morgan fingerprint density at radius 2 is 1.76 bits per heavy atom. The average molecular weight is 237 g/mol. The van der Waals surface area contributed by atoms with E-state index in [0.29, 0.717) is 0 Å². The fourth-order valence-electron chi connectivity index (χ4n) is 5.20. The van der Waals surface area contributed by atoms with Crippen molar-refractivity contribution in [2.24, 2.45) is 17.8 Å². The molecule has 0 N–H and O–H groups in total. The summed E-state index contributed by atoms with van der Waals surface area (Å²) in [6.07, 6.45) is 6.02. The number of ether oxygens (including phenoxy) is 1. The minimum absolute atomic E-state index is 0.0884. The van der Waals surface area contributed by atoms with Crippen molar-refractivity contribution in [1.29, 1.82) is 0 Å². The zero-order valence-corrected chi connectivity index (χ0v) is 11.1. The summed E-state index contributed by atoms with van der Waals surface area (Å²) in [5, 5.41) is 0. The first kappa shape index (κ1) is 11.5. The number of nitrogens with zero attached hydrogens (tertiary/aromatic N) is 1. The molecule has 0 aliphatic heterocycles. The van der Waals surface area contributed by atoms with Gasteiger partial charge in [0.25, 0.3) is 0 Å². The van der Waals surface area contributed by atoms with Gasteiger partial charge in [-0.05, 0) is 64.0 Å². The van der Waals surface area contributed by atoms with E-state index in [1.807, 2.05) is 0 Å². The Kier molecular flexibility index (Phi) is 2.51. The van der Waals surface area contributed by atoms with Gasteiger partial charge < -0.3 is 9.64 Å². The molecular weight excluding hydrogens is 214 g/mol. The largest absolute Gasteiger partial charge is 0.459 e. The Morgan fingerprint density at radius 3 is 2.24 bits per heavy atom. The maximum absolute atomic E-state index is 11.3. The lowest BCUT2D eigenvalue weighted by atomic mass is 9.52. The molecule has 4 fully saturated rings. The molecule has 4 bridgehead atoms.